The second kappa shape index (κ2) is 20.5. The summed E-state index contributed by atoms with van der Waals surface area (Å²) in [5.74, 6) is -0.696. The largest absolute Gasteiger partial charge is 0.461 e. The second-order valence-corrected chi connectivity index (χ2v) is 15.4. The molecule has 0 N–H and O–H groups in total. The predicted octanol–water partition coefficient (Wildman–Crippen LogP) is 12.0. The zero-order valence-corrected chi connectivity index (χ0v) is 33.3. The zero-order chi connectivity index (χ0) is 37.5. The molecule has 0 aromatic heterocycles. The van der Waals surface area contributed by atoms with E-state index in [9.17, 15) is 9.59 Å². The molecule has 0 aliphatic heterocycles. The van der Waals surface area contributed by atoms with Crippen molar-refractivity contribution in [1.82, 2.24) is 0 Å². The summed E-state index contributed by atoms with van der Waals surface area (Å²) in [6, 6.07) is 0. The lowest BCUT2D eigenvalue weighted by molar-refractivity contribution is -0.147. The lowest BCUT2D eigenvalue weighted by atomic mass is 9.67. The van der Waals surface area contributed by atoms with Crippen LogP contribution in [0.25, 0.3) is 0 Å². The van der Waals surface area contributed by atoms with E-state index in [1.807, 2.05) is 0 Å². The van der Waals surface area contributed by atoms with Gasteiger partial charge in [-0.3, -0.25) is 9.59 Å². The first-order valence-electron chi connectivity index (χ1n) is 17.4. The summed E-state index contributed by atoms with van der Waals surface area (Å²) < 4.78 is 11.0. The molecule has 2 aliphatic rings. The molecule has 50 heavy (non-hydrogen) atoms. The Morgan fingerprint density at radius 2 is 1.24 bits per heavy atom. The van der Waals surface area contributed by atoms with Gasteiger partial charge in [0.25, 0.3) is 0 Å². The van der Waals surface area contributed by atoms with Crippen molar-refractivity contribution in [3.63, 3.8) is 0 Å². The average Bonchev–Trinajstić information content (AvgIpc) is 3.01. The molecule has 272 valence electrons. The van der Waals surface area contributed by atoms with Crippen LogP contribution in [0.5, 0.6) is 0 Å². The standard InChI is InChI=1S/C44H58Cl2O4/c1-31(17-13-19-33(3)21-23-39-35(5)25-37(27-43(39,7)8)49-41(47)29-45)15-11-12-16-32(2)18-14-20-34(4)22-24-40-36(6)26-38(28-44(40,9)10)50-42(48)30-46/h11-25,37-39H,26-30H2,1-10H3/b12-11+,17-13+,18-14+,23-21+,24-22+,31-15+,32-16+,33-19+,34-20+/t37-,38+,39-/m0/s1. The van der Waals surface area contributed by atoms with E-state index in [1.165, 1.54) is 22.3 Å². The van der Waals surface area contributed by atoms with Gasteiger partial charge in [-0.2, -0.15) is 0 Å². The minimum atomic E-state index is -0.376. The Hall–Kier alpha value is -3.34. The first-order chi connectivity index (χ1) is 23.5. The first-order valence-corrected chi connectivity index (χ1v) is 18.5. The predicted molar refractivity (Wildman–Crippen MR) is 213 cm³/mol. The first kappa shape index (κ1) is 42.8. The highest BCUT2D eigenvalue weighted by molar-refractivity contribution is 6.26. The van der Waals surface area contributed by atoms with Gasteiger partial charge in [-0.15, -0.1) is 23.2 Å². The SMILES string of the molecule is CC1=C[C@H](OC(=O)CCl)CC(C)(C)[C@H]1/C=C/C(C)=C/C=C/C(C)=C/C=C/C=C(C)/C=C/C=C(C)/C=C/C1=C(C)C[C@@H](OC(=O)CCl)CC1(C)C. The van der Waals surface area contributed by atoms with E-state index in [4.69, 9.17) is 32.7 Å². The van der Waals surface area contributed by atoms with Gasteiger partial charge in [0.15, 0.2) is 0 Å². The summed E-state index contributed by atoms with van der Waals surface area (Å²) >= 11 is 11.3. The summed E-state index contributed by atoms with van der Waals surface area (Å²) in [4.78, 5) is 23.3. The van der Waals surface area contributed by atoms with Crippen molar-refractivity contribution in [2.24, 2.45) is 16.7 Å². The lowest BCUT2D eigenvalue weighted by Crippen LogP contribution is -2.35. The van der Waals surface area contributed by atoms with Crippen LogP contribution in [-0.4, -0.2) is 35.9 Å². The number of carbonyl (C=O) groups excluding carboxylic acids is 2. The van der Waals surface area contributed by atoms with Crippen LogP contribution in [0.2, 0.25) is 0 Å². The van der Waals surface area contributed by atoms with E-state index in [2.05, 4.69) is 160 Å². The Balaban J connectivity index is 1.92. The Morgan fingerprint density at radius 3 is 1.76 bits per heavy atom. The van der Waals surface area contributed by atoms with Crippen molar-refractivity contribution in [2.75, 3.05) is 11.8 Å². The number of hydrogen-bond donors (Lipinski definition) is 0. The van der Waals surface area contributed by atoms with Crippen LogP contribution in [0.15, 0.2) is 130 Å². The molecule has 3 atom stereocenters. The van der Waals surface area contributed by atoms with Crippen molar-refractivity contribution in [1.29, 1.82) is 0 Å². The van der Waals surface area contributed by atoms with Crippen molar-refractivity contribution in [2.45, 2.75) is 101 Å². The number of ether oxygens (including phenoxy) is 2. The van der Waals surface area contributed by atoms with Gasteiger partial charge in [-0.1, -0.05) is 146 Å². The monoisotopic (exact) mass is 720 g/mol. The summed E-state index contributed by atoms with van der Waals surface area (Å²) in [5, 5.41) is 0. The third-order valence-electron chi connectivity index (χ3n) is 9.10. The molecule has 0 saturated carbocycles. The summed E-state index contributed by atoms with van der Waals surface area (Å²) in [6.07, 6.45) is 33.6. The minimum Gasteiger partial charge on any atom is -0.461 e. The summed E-state index contributed by atoms with van der Waals surface area (Å²) in [7, 11) is 0. The minimum absolute atomic E-state index is 0.0364. The maximum absolute atomic E-state index is 11.7. The van der Waals surface area contributed by atoms with Gasteiger partial charge in [-0.25, -0.2) is 0 Å². The van der Waals surface area contributed by atoms with E-state index in [-0.39, 0.29) is 52.7 Å². The van der Waals surface area contributed by atoms with Crippen LogP contribution in [-0.2, 0) is 19.1 Å². The van der Waals surface area contributed by atoms with Gasteiger partial charge in [0.1, 0.15) is 24.0 Å². The van der Waals surface area contributed by atoms with Crippen molar-refractivity contribution in [3.8, 4) is 0 Å². The number of hydrogen-bond acceptors (Lipinski definition) is 4. The van der Waals surface area contributed by atoms with E-state index >= 15 is 0 Å². The van der Waals surface area contributed by atoms with Gasteiger partial charge in [0.2, 0.25) is 0 Å². The van der Waals surface area contributed by atoms with Crippen molar-refractivity contribution >= 4 is 35.1 Å². The molecular formula is C44H58Cl2O4. The van der Waals surface area contributed by atoms with E-state index < -0.39 is 0 Å². The highest BCUT2D eigenvalue weighted by atomic mass is 35.5. The van der Waals surface area contributed by atoms with Crippen molar-refractivity contribution < 1.29 is 19.1 Å². The molecule has 2 rings (SSSR count). The topological polar surface area (TPSA) is 52.6 Å². The molecule has 0 fully saturated rings. The van der Waals surface area contributed by atoms with Crippen LogP contribution < -0.4 is 0 Å². The fourth-order valence-electron chi connectivity index (χ4n) is 6.66. The molecular weight excluding hydrogens is 663 g/mol. The molecule has 2 aliphatic carbocycles. The van der Waals surface area contributed by atoms with Gasteiger partial charge < -0.3 is 9.47 Å². The van der Waals surface area contributed by atoms with E-state index in [0.29, 0.717) is 0 Å². The van der Waals surface area contributed by atoms with Crippen molar-refractivity contribution in [3.05, 3.63) is 130 Å². The fourth-order valence-corrected chi connectivity index (χ4v) is 6.78. The maximum atomic E-state index is 11.7. The maximum Gasteiger partial charge on any atom is 0.321 e. The average molecular weight is 722 g/mol. The Kier molecular flexibility index (Phi) is 17.6. The Labute approximate surface area is 312 Å². The second-order valence-electron chi connectivity index (χ2n) is 14.9. The van der Waals surface area contributed by atoms with Gasteiger partial charge in [-0.05, 0) is 76.9 Å². The highest BCUT2D eigenvalue weighted by Crippen LogP contribution is 2.43. The zero-order valence-electron chi connectivity index (χ0n) is 31.8. The number of carbonyl (C=O) groups is 2. The van der Waals surface area contributed by atoms with Crippen LogP contribution in [0.4, 0.5) is 0 Å². The number of rotatable bonds is 14. The summed E-state index contributed by atoms with van der Waals surface area (Å²) in [5.41, 5.74) is 8.26. The molecule has 0 bridgehead atoms. The fraction of sp³-hybridized carbons (Fsp3) is 0.455. The summed E-state index contributed by atoms with van der Waals surface area (Å²) in [6.45, 7) is 21.4. The lowest BCUT2D eigenvalue weighted by Gasteiger charge is -2.39. The molecule has 0 saturated heterocycles. The normalized spacial score (nSPS) is 23.9. The molecule has 0 spiro atoms. The highest BCUT2D eigenvalue weighted by Gasteiger charge is 2.37. The molecule has 0 amide bonds. The van der Waals surface area contributed by atoms with E-state index in [1.54, 1.807) is 0 Å². The van der Waals surface area contributed by atoms with Gasteiger partial charge >= 0.3 is 11.9 Å². The van der Waals surface area contributed by atoms with Crippen LogP contribution in [0.3, 0.4) is 0 Å². The third kappa shape index (κ3) is 14.9. The Morgan fingerprint density at radius 1 is 0.740 bits per heavy atom. The smallest absolute Gasteiger partial charge is 0.321 e. The molecule has 0 heterocycles. The molecule has 0 aromatic carbocycles. The molecule has 4 nitrogen and oxygen atoms in total. The van der Waals surface area contributed by atoms with E-state index in [0.717, 1.165) is 36.0 Å². The van der Waals surface area contributed by atoms with Crippen LogP contribution >= 0.6 is 23.2 Å². The number of halogens is 2. The third-order valence-corrected chi connectivity index (χ3v) is 9.54. The van der Waals surface area contributed by atoms with Gasteiger partial charge in [0.05, 0.1) is 0 Å². The molecule has 6 heteroatoms. The van der Waals surface area contributed by atoms with Crippen LogP contribution in [0, 0.1) is 16.7 Å². The molecule has 0 radical (unpaired) electrons. The number of allylic oxidation sites excluding steroid dienone is 20. The van der Waals surface area contributed by atoms with Crippen LogP contribution in [0.1, 0.15) is 88.5 Å². The number of alkyl halides is 2. The quantitative estimate of drug-likeness (QED) is 0.0776. The molecule has 0 unspecified atom stereocenters. The number of esters is 2. The Bertz CT molecular complexity index is 1550. The van der Waals surface area contributed by atoms with Gasteiger partial charge in [0, 0.05) is 12.3 Å². The molecule has 0 aromatic rings.